The Labute approximate surface area is 84.3 Å². The molecular weight excluding hydrogens is 174 g/mol. The highest BCUT2D eigenvalue weighted by molar-refractivity contribution is 5.47. The van der Waals surface area contributed by atoms with Gasteiger partial charge in [-0.3, -0.25) is 0 Å². The molecule has 0 spiro atoms. The van der Waals surface area contributed by atoms with Crippen molar-refractivity contribution in [1.82, 2.24) is 0 Å². The van der Waals surface area contributed by atoms with Crippen molar-refractivity contribution in [3.05, 3.63) is 35.7 Å². The standard InChI is InChI=1S/C12H13NO/c1-13-10-6-8-12(9-7-10)14-11-4-2-3-5-11/h6-9,11H,2-5H2. The minimum absolute atomic E-state index is 0.397. The summed E-state index contributed by atoms with van der Waals surface area (Å²) in [5.74, 6) is 0.893. The number of nitrogens with zero attached hydrogens (tertiary/aromatic N) is 1. The maximum Gasteiger partial charge on any atom is 0.187 e. The van der Waals surface area contributed by atoms with Crippen LogP contribution < -0.4 is 4.74 Å². The molecule has 1 fully saturated rings. The lowest BCUT2D eigenvalue weighted by Crippen LogP contribution is -2.10. The van der Waals surface area contributed by atoms with Crippen LogP contribution >= 0.6 is 0 Å². The molecule has 0 saturated heterocycles. The first-order chi connectivity index (χ1) is 6.88. The molecule has 1 aromatic rings. The monoisotopic (exact) mass is 187 g/mol. The zero-order chi connectivity index (χ0) is 9.80. The van der Waals surface area contributed by atoms with Crippen molar-refractivity contribution in [3.8, 4) is 5.75 Å². The van der Waals surface area contributed by atoms with Crippen molar-refractivity contribution in [2.45, 2.75) is 31.8 Å². The summed E-state index contributed by atoms with van der Waals surface area (Å²) in [5.41, 5.74) is 0.670. The molecule has 0 bridgehead atoms. The number of rotatable bonds is 2. The third-order valence-corrected chi connectivity index (χ3v) is 2.57. The van der Waals surface area contributed by atoms with Gasteiger partial charge in [-0.2, -0.15) is 0 Å². The van der Waals surface area contributed by atoms with Gasteiger partial charge in [0.15, 0.2) is 5.69 Å². The van der Waals surface area contributed by atoms with Crippen molar-refractivity contribution < 1.29 is 4.74 Å². The third-order valence-electron chi connectivity index (χ3n) is 2.57. The summed E-state index contributed by atoms with van der Waals surface area (Å²) >= 11 is 0. The molecule has 1 saturated carbocycles. The van der Waals surface area contributed by atoms with Gasteiger partial charge in [0, 0.05) is 0 Å². The quantitative estimate of drug-likeness (QED) is 0.645. The highest BCUT2D eigenvalue weighted by Gasteiger charge is 2.15. The van der Waals surface area contributed by atoms with Gasteiger partial charge in [0.1, 0.15) is 5.75 Å². The van der Waals surface area contributed by atoms with E-state index in [-0.39, 0.29) is 0 Å². The van der Waals surface area contributed by atoms with Crippen LogP contribution in [0.1, 0.15) is 25.7 Å². The predicted octanol–water partition coefficient (Wildman–Crippen LogP) is 3.56. The highest BCUT2D eigenvalue weighted by Crippen LogP contribution is 2.25. The molecule has 0 heterocycles. The van der Waals surface area contributed by atoms with Gasteiger partial charge in [0.25, 0.3) is 0 Å². The predicted molar refractivity (Wildman–Crippen MR) is 55.6 cm³/mol. The van der Waals surface area contributed by atoms with Crippen LogP contribution in [-0.4, -0.2) is 6.10 Å². The second kappa shape index (κ2) is 4.15. The van der Waals surface area contributed by atoms with E-state index in [0.29, 0.717) is 11.8 Å². The van der Waals surface area contributed by atoms with Gasteiger partial charge in [-0.25, -0.2) is 4.85 Å². The van der Waals surface area contributed by atoms with Gasteiger partial charge < -0.3 is 4.74 Å². The van der Waals surface area contributed by atoms with Gasteiger partial charge in [0.2, 0.25) is 0 Å². The van der Waals surface area contributed by atoms with Gasteiger partial charge in [-0.05, 0) is 37.8 Å². The van der Waals surface area contributed by atoms with Crippen molar-refractivity contribution in [3.63, 3.8) is 0 Å². The molecule has 0 radical (unpaired) electrons. The smallest absolute Gasteiger partial charge is 0.187 e. The maximum absolute atomic E-state index is 6.82. The van der Waals surface area contributed by atoms with E-state index in [9.17, 15) is 0 Å². The summed E-state index contributed by atoms with van der Waals surface area (Å²) in [6.07, 6.45) is 5.30. The van der Waals surface area contributed by atoms with E-state index in [1.165, 1.54) is 25.7 Å². The lowest BCUT2D eigenvalue weighted by Gasteiger charge is -2.12. The summed E-state index contributed by atoms with van der Waals surface area (Å²) in [6.45, 7) is 6.82. The summed E-state index contributed by atoms with van der Waals surface area (Å²) in [6, 6.07) is 7.37. The molecule has 0 unspecified atom stereocenters. The fraction of sp³-hybridized carbons (Fsp3) is 0.417. The molecule has 1 aliphatic rings. The van der Waals surface area contributed by atoms with Crippen LogP contribution in [0.4, 0.5) is 5.69 Å². The van der Waals surface area contributed by atoms with Crippen molar-refractivity contribution in [2.24, 2.45) is 0 Å². The van der Waals surface area contributed by atoms with Crippen LogP contribution in [0.2, 0.25) is 0 Å². The first-order valence-electron chi connectivity index (χ1n) is 5.02. The molecule has 2 rings (SSSR count). The fourth-order valence-electron chi connectivity index (χ4n) is 1.80. The topological polar surface area (TPSA) is 13.6 Å². The van der Waals surface area contributed by atoms with Crippen LogP contribution in [0.3, 0.4) is 0 Å². The van der Waals surface area contributed by atoms with Crippen molar-refractivity contribution >= 4 is 5.69 Å². The van der Waals surface area contributed by atoms with E-state index >= 15 is 0 Å². The molecule has 0 N–H and O–H groups in total. The number of hydrogen-bond acceptors (Lipinski definition) is 1. The van der Waals surface area contributed by atoms with Crippen LogP contribution in [0.15, 0.2) is 24.3 Å². The second-order valence-corrected chi connectivity index (χ2v) is 3.63. The first kappa shape index (κ1) is 9.08. The molecular formula is C12H13NO. The van der Waals surface area contributed by atoms with E-state index in [1.54, 1.807) is 12.1 Å². The van der Waals surface area contributed by atoms with E-state index in [4.69, 9.17) is 11.3 Å². The van der Waals surface area contributed by atoms with Gasteiger partial charge in [-0.1, -0.05) is 12.1 Å². The highest BCUT2D eigenvalue weighted by atomic mass is 16.5. The zero-order valence-electron chi connectivity index (χ0n) is 8.07. The largest absolute Gasteiger partial charge is 0.491 e. The second-order valence-electron chi connectivity index (χ2n) is 3.63. The van der Waals surface area contributed by atoms with Crippen LogP contribution in [-0.2, 0) is 0 Å². The fourth-order valence-corrected chi connectivity index (χ4v) is 1.80. The van der Waals surface area contributed by atoms with Gasteiger partial charge in [-0.15, -0.1) is 0 Å². The normalized spacial score (nSPS) is 16.5. The molecule has 1 aliphatic carbocycles. The number of benzene rings is 1. The molecule has 0 aromatic heterocycles. The molecule has 0 atom stereocenters. The maximum atomic E-state index is 6.82. The van der Waals surface area contributed by atoms with Crippen LogP contribution in [0.5, 0.6) is 5.75 Å². The Bertz CT molecular complexity index is 330. The van der Waals surface area contributed by atoms with Crippen LogP contribution in [0.25, 0.3) is 4.85 Å². The average Bonchev–Trinajstić information content (AvgIpc) is 2.72. The number of hydrogen-bond donors (Lipinski definition) is 0. The lowest BCUT2D eigenvalue weighted by atomic mass is 10.3. The average molecular weight is 187 g/mol. The Hall–Kier alpha value is -1.49. The summed E-state index contributed by atoms with van der Waals surface area (Å²) in [4.78, 5) is 3.34. The summed E-state index contributed by atoms with van der Waals surface area (Å²) < 4.78 is 5.77. The Morgan fingerprint density at radius 2 is 1.79 bits per heavy atom. The summed E-state index contributed by atoms with van der Waals surface area (Å²) in [7, 11) is 0. The molecule has 72 valence electrons. The molecule has 2 nitrogen and oxygen atoms in total. The van der Waals surface area contributed by atoms with E-state index in [1.807, 2.05) is 12.1 Å². The Morgan fingerprint density at radius 1 is 1.14 bits per heavy atom. The first-order valence-corrected chi connectivity index (χ1v) is 5.02. The SMILES string of the molecule is [C-]#[N+]c1ccc(OC2CCCC2)cc1. The number of ether oxygens (including phenoxy) is 1. The van der Waals surface area contributed by atoms with E-state index in [0.717, 1.165) is 5.75 Å². The summed E-state index contributed by atoms with van der Waals surface area (Å²) in [5, 5.41) is 0. The molecule has 2 heteroatoms. The van der Waals surface area contributed by atoms with Gasteiger partial charge in [0.05, 0.1) is 12.7 Å². The van der Waals surface area contributed by atoms with E-state index < -0.39 is 0 Å². The van der Waals surface area contributed by atoms with Crippen molar-refractivity contribution in [2.75, 3.05) is 0 Å². The minimum atomic E-state index is 0.397. The Morgan fingerprint density at radius 3 is 2.36 bits per heavy atom. The van der Waals surface area contributed by atoms with Crippen LogP contribution in [0, 0.1) is 6.57 Å². The third kappa shape index (κ3) is 2.05. The van der Waals surface area contributed by atoms with Gasteiger partial charge >= 0.3 is 0 Å². The molecule has 0 amide bonds. The lowest BCUT2D eigenvalue weighted by molar-refractivity contribution is 0.210. The molecule has 14 heavy (non-hydrogen) atoms. The Kier molecular flexibility index (Phi) is 2.69. The zero-order valence-corrected chi connectivity index (χ0v) is 8.07. The van der Waals surface area contributed by atoms with E-state index in [2.05, 4.69) is 4.85 Å². The molecule has 0 aliphatic heterocycles. The van der Waals surface area contributed by atoms with Crippen molar-refractivity contribution in [1.29, 1.82) is 0 Å². The Balaban J connectivity index is 1.99. The minimum Gasteiger partial charge on any atom is -0.491 e. The molecule has 1 aromatic carbocycles.